The number of nitrogens with zero attached hydrogens (tertiary/aromatic N) is 3. The van der Waals surface area contributed by atoms with Gasteiger partial charge in [0.15, 0.2) is 0 Å². The van der Waals surface area contributed by atoms with Gasteiger partial charge in [0.25, 0.3) is 0 Å². The monoisotopic (exact) mass is 305 g/mol. The van der Waals surface area contributed by atoms with Crippen molar-refractivity contribution in [1.82, 2.24) is 14.7 Å². The maximum atomic E-state index is 3.63. The fraction of sp³-hybridized carbons (Fsp3) is 0.895. The molecule has 2 aliphatic rings. The molecule has 0 spiro atoms. The molecule has 0 aromatic carbocycles. The first-order chi connectivity index (χ1) is 10.8. The minimum absolute atomic E-state index is 0.453. The summed E-state index contributed by atoms with van der Waals surface area (Å²) in [6.45, 7) is 13.8. The molecule has 0 amide bonds. The molecule has 0 aromatic heterocycles. The maximum absolute atomic E-state index is 3.63. The Morgan fingerprint density at radius 2 is 1.45 bits per heavy atom. The standard InChI is InChI=1S/C19H35N3/c1-3-20(4-2)15-11-12-19(22-16-9-6-10-17-22)18-21-13-7-5-8-14-21/h19H,3-10,13-18H2,1-2H3/t19-/m1/s1. The SMILES string of the molecule is CCN(CC)CC#C[C@H](CN1CCCCC1)N1CCCCC1. The van der Waals surface area contributed by atoms with E-state index in [1.54, 1.807) is 0 Å². The Hall–Kier alpha value is -0.560. The Labute approximate surface area is 138 Å². The third kappa shape index (κ3) is 5.91. The maximum Gasteiger partial charge on any atom is 0.0843 e. The molecule has 0 aromatic rings. The quantitative estimate of drug-likeness (QED) is 0.699. The van der Waals surface area contributed by atoms with Crippen molar-refractivity contribution in [1.29, 1.82) is 0 Å². The Bertz CT molecular complexity index is 341. The minimum atomic E-state index is 0.453. The summed E-state index contributed by atoms with van der Waals surface area (Å²) in [5, 5.41) is 0. The van der Waals surface area contributed by atoms with Crippen molar-refractivity contribution in [2.45, 2.75) is 58.4 Å². The number of hydrogen-bond donors (Lipinski definition) is 0. The second-order valence-corrected chi connectivity index (χ2v) is 6.76. The number of likely N-dealkylation sites (tertiary alicyclic amines) is 2. The summed E-state index contributed by atoms with van der Waals surface area (Å²) in [5.41, 5.74) is 0. The number of piperidine rings is 2. The molecular weight excluding hydrogens is 270 g/mol. The average Bonchev–Trinajstić information content (AvgIpc) is 2.59. The van der Waals surface area contributed by atoms with Crippen molar-refractivity contribution in [2.75, 3.05) is 52.4 Å². The number of rotatable bonds is 6. The van der Waals surface area contributed by atoms with Gasteiger partial charge < -0.3 is 4.90 Å². The summed E-state index contributed by atoms with van der Waals surface area (Å²) in [6, 6.07) is 0.453. The summed E-state index contributed by atoms with van der Waals surface area (Å²) < 4.78 is 0. The first kappa shape index (κ1) is 17.8. The van der Waals surface area contributed by atoms with Gasteiger partial charge in [0.1, 0.15) is 0 Å². The van der Waals surface area contributed by atoms with Crippen LogP contribution in [0.15, 0.2) is 0 Å². The third-order valence-corrected chi connectivity index (χ3v) is 5.18. The van der Waals surface area contributed by atoms with Crippen LogP contribution < -0.4 is 0 Å². The minimum Gasteiger partial charge on any atom is -0.301 e. The van der Waals surface area contributed by atoms with E-state index in [2.05, 4.69) is 40.4 Å². The summed E-state index contributed by atoms with van der Waals surface area (Å²) in [5.74, 6) is 7.11. The van der Waals surface area contributed by atoms with Crippen LogP contribution in [0.5, 0.6) is 0 Å². The first-order valence-electron chi connectivity index (χ1n) is 9.50. The van der Waals surface area contributed by atoms with Crippen LogP contribution in [0.1, 0.15) is 52.4 Å². The second-order valence-electron chi connectivity index (χ2n) is 6.76. The topological polar surface area (TPSA) is 9.72 Å². The van der Waals surface area contributed by atoms with Crippen molar-refractivity contribution >= 4 is 0 Å². The lowest BCUT2D eigenvalue weighted by atomic mass is 10.1. The molecule has 126 valence electrons. The van der Waals surface area contributed by atoms with Crippen LogP contribution in [0.25, 0.3) is 0 Å². The van der Waals surface area contributed by atoms with Crippen molar-refractivity contribution in [2.24, 2.45) is 0 Å². The van der Waals surface area contributed by atoms with E-state index in [1.807, 2.05) is 0 Å². The zero-order chi connectivity index (χ0) is 15.6. The van der Waals surface area contributed by atoms with Crippen LogP contribution in [-0.2, 0) is 0 Å². The molecule has 3 nitrogen and oxygen atoms in total. The van der Waals surface area contributed by atoms with Gasteiger partial charge in [0, 0.05) is 6.54 Å². The van der Waals surface area contributed by atoms with Gasteiger partial charge >= 0.3 is 0 Å². The highest BCUT2D eigenvalue weighted by Gasteiger charge is 2.22. The van der Waals surface area contributed by atoms with E-state index in [1.165, 1.54) is 64.7 Å². The van der Waals surface area contributed by atoms with Gasteiger partial charge in [0.05, 0.1) is 12.6 Å². The van der Waals surface area contributed by atoms with Gasteiger partial charge in [-0.2, -0.15) is 0 Å². The molecule has 1 atom stereocenters. The van der Waals surface area contributed by atoms with Crippen LogP contribution in [0.3, 0.4) is 0 Å². The van der Waals surface area contributed by atoms with Crippen molar-refractivity contribution in [3.8, 4) is 11.8 Å². The van der Waals surface area contributed by atoms with Gasteiger partial charge in [0.2, 0.25) is 0 Å². The fourth-order valence-corrected chi connectivity index (χ4v) is 3.59. The average molecular weight is 306 g/mol. The van der Waals surface area contributed by atoms with Crippen molar-refractivity contribution in [3.63, 3.8) is 0 Å². The molecule has 0 bridgehead atoms. The highest BCUT2D eigenvalue weighted by Crippen LogP contribution is 2.15. The Morgan fingerprint density at radius 1 is 0.864 bits per heavy atom. The molecule has 2 saturated heterocycles. The van der Waals surface area contributed by atoms with E-state index in [9.17, 15) is 0 Å². The third-order valence-electron chi connectivity index (χ3n) is 5.18. The smallest absolute Gasteiger partial charge is 0.0843 e. The van der Waals surface area contributed by atoms with Crippen LogP contribution >= 0.6 is 0 Å². The molecule has 22 heavy (non-hydrogen) atoms. The normalized spacial score (nSPS) is 22.3. The molecule has 2 heterocycles. The molecule has 2 rings (SSSR count). The Kier molecular flexibility index (Phi) is 8.30. The van der Waals surface area contributed by atoms with E-state index < -0.39 is 0 Å². The lowest BCUT2D eigenvalue weighted by Gasteiger charge is -2.36. The largest absolute Gasteiger partial charge is 0.301 e. The lowest BCUT2D eigenvalue weighted by molar-refractivity contribution is 0.136. The molecule has 0 aliphatic carbocycles. The fourth-order valence-electron chi connectivity index (χ4n) is 3.59. The Balaban J connectivity index is 1.92. The van der Waals surface area contributed by atoms with E-state index in [0.717, 1.165) is 26.2 Å². The molecule has 2 aliphatic heterocycles. The van der Waals surface area contributed by atoms with Gasteiger partial charge in [-0.05, 0) is 65.0 Å². The van der Waals surface area contributed by atoms with E-state index >= 15 is 0 Å². The molecular formula is C19H35N3. The molecule has 0 N–H and O–H groups in total. The molecule has 0 radical (unpaired) electrons. The summed E-state index contributed by atoms with van der Waals surface area (Å²) in [7, 11) is 0. The van der Waals surface area contributed by atoms with Gasteiger partial charge in [-0.1, -0.05) is 38.5 Å². The summed E-state index contributed by atoms with van der Waals surface area (Å²) >= 11 is 0. The van der Waals surface area contributed by atoms with Crippen LogP contribution in [0.2, 0.25) is 0 Å². The molecule has 0 unspecified atom stereocenters. The van der Waals surface area contributed by atoms with E-state index in [4.69, 9.17) is 0 Å². The zero-order valence-corrected chi connectivity index (χ0v) is 14.8. The first-order valence-corrected chi connectivity index (χ1v) is 9.50. The summed E-state index contributed by atoms with van der Waals surface area (Å²) in [4.78, 5) is 7.70. The lowest BCUT2D eigenvalue weighted by Crippen LogP contribution is -2.46. The van der Waals surface area contributed by atoms with Crippen molar-refractivity contribution in [3.05, 3.63) is 0 Å². The van der Waals surface area contributed by atoms with Crippen LogP contribution in [-0.4, -0.2) is 73.1 Å². The molecule has 2 fully saturated rings. The zero-order valence-electron chi connectivity index (χ0n) is 14.8. The van der Waals surface area contributed by atoms with E-state index in [-0.39, 0.29) is 0 Å². The molecule has 0 saturated carbocycles. The Morgan fingerprint density at radius 3 is 2.05 bits per heavy atom. The van der Waals surface area contributed by atoms with Crippen molar-refractivity contribution < 1.29 is 0 Å². The van der Waals surface area contributed by atoms with Gasteiger partial charge in [-0.25, -0.2) is 0 Å². The van der Waals surface area contributed by atoms with Gasteiger partial charge in [-0.3, -0.25) is 9.80 Å². The molecule has 3 heteroatoms. The van der Waals surface area contributed by atoms with Crippen LogP contribution in [0.4, 0.5) is 0 Å². The summed E-state index contributed by atoms with van der Waals surface area (Å²) in [6.07, 6.45) is 8.28. The predicted molar refractivity (Wildman–Crippen MR) is 95.1 cm³/mol. The second kappa shape index (κ2) is 10.3. The predicted octanol–water partition coefficient (Wildman–Crippen LogP) is 2.67. The highest BCUT2D eigenvalue weighted by atomic mass is 15.2. The highest BCUT2D eigenvalue weighted by molar-refractivity contribution is 5.11. The van der Waals surface area contributed by atoms with E-state index in [0.29, 0.717) is 6.04 Å². The van der Waals surface area contributed by atoms with Crippen LogP contribution in [0, 0.1) is 11.8 Å². The number of hydrogen-bond acceptors (Lipinski definition) is 3. The van der Waals surface area contributed by atoms with Gasteiger partial charge in [-0.15, -0.1) is 0 Å².